The van der Waals surface area contributed by atoms with Crippen molar-refractivity contribution in [3.05, 3.63) is 24.3 Å². The molecule has 1 aromatic carbocycles. The number of rotatable bonds is 8. The molecule has 2 heterocycles. The van der Waals surface area contributed by atoms with E-state index in [1.807, 2.05) is 12.1 Å². The van der Waals surface area contributed by atoms with E-state index in [9.17, 15) is 8.78 Å². The van der Waals surface area contributed by atoms with E-state index in [1.165, 1.54) is 25.9 Å². The van der Waals surface area contributed by atoms with Gasteiger partial charge in [0.25, 0.3) is 0 Å². The lowest BCUT2D eigenvalue weighted by Crippen LogP contribution is -2.45. The smallest absolute Gasteiger partial charge is 0.387 e. The van der Waals surface area contributed by atoms with Gasteiger partial charge in [0.2, 0.25) is 0 Å². The van der Waals surface area contributed by atoms with E-state index < -0.39 is 6.61 Å². The van der Waals surface area contributed by atoms with Crippen molar-refractivity contribution in [3.63, 3.8) is 0 Å². The number of hydrogen-bond acceptors (Lipinski definition) is 4. The second-order valence-corrected chi connectivity index (χ2v) is 8.09. The van der Waals surface area contributed by atoms with Crippen molar-refractivity contribution in [2.24, 2.45) is 10.9 Å². The van der Waals surface area contributed by atoms with Crippen molar-refractivity contribution in [2.75, 3.05) is 51.2 Å². The first kappa shape index (κ1) is 22.6. The van der Waals surface area contributed by atoms with Gasteiger partial charge >= 0.3 is 6.61 Å². The minimum atomic E-state index is -2.82. The molecule has 168 valence electrons. The number of likely N-dealkylation sites (tertiary alicyclic amines) is 1. The number of nitrogens with zero attached hydrogens (tertiary/aromatic N) is 3. The molecular formula is C22H35F2N5O. The molecule has 1 unspecified atom stereocenters. The first-order valence-corrected chi connectivity index (χ1v) is 11.1. The highest BCUT2D eigenvalue weighted by molar-refractivity contribution is 5.80. The molecule has 2 N–H and O–H groups in total. The molecule has 1 atom stereocenters. The van der Waals surface area contributed by atoms with E-state index >= 15 is 0 Å². The van der Waals surface area contributed by atoms with E-state index in [2.05, 4.69) is 37.1 Å². The van der Waals surface area contributed by atoms with Gasteiger partial charge in [-0.25, -0.2) is 0 Å². The Labute approximate surface area is 178 Å². The highest BCUT2D eigenvalue weighted by Gasteiger charge is 2.26. The van der Waals surface area contributed by atoms with Crippen LogP contribution in [0.4, 0.5) is 14.5 Å². The van der Waals surface area contributed by atoms with Crippen molar-refractivity contribution < 1.29 is 13.5 Å². The summed E-state index contributed by atoms with van der Waals surface area (Å²) in [6.07, 6.45) is 4.63. The molecule has 2 saturated heterocycles. The van der Waals surface area contributed by atoms with Crippen LogP contribution in [0.1, 0.15) is 32.6 Å². The molecule has 2 fully saturated rings. The number of nitrogens with one attached hydrogen (secondary N) is 2. The van der Waals surface area contributed by atoms with Crippen LogP contribution in [0.15, 0.2) is 29.3 Å². The summed E-state index contributed by atoms with van der Waals surface area (Å²) in [6, 6.07) is 7.19. The predicted octanol–water partition coefficient (Wildman–Crippen LogP) is 3.15. The molecule has 3 rings (SSSR count). The van der Waals surface area contributed by atoms with E-state index in [4.69, 9.17) is 0 Å². The maximum absolute atomic E-state index is 12.7. The Bertz CT molecular complexity index is 679. The summed E-state index contributed by atoms with van der Waals surface area (Å²) in [5.41, 5.74) is 0.712. The summed E-state index contributed by atoms with van der Waals surface area (Å²) in [4.78, 5) is 8.96. The molecule has 0 spiro atoms. The topological polar surface area (TPSA) is 52.1 Å². The summed E-state index contributed by atoms with van der Waals surface area (Å²) in [7, 11) is 1.79. The molecule has 0 saturated carbocycles. The van der Waals surface area contributed by atoms with Gasteiger partial charge in [-0.05, 0) is 63.4 Å². The van der Waals surface area contributed by atoms with Crippen molar-refractivity contribution in [1.29, 1.82) is 0 Å². The van der Waals surface area contributed by atoms with Crippen LogP contribution in [0.2, 0.25) is 0 Å². The standard InChI is InChI=1S/C22H35F2N5O/c1-3-28-13-9-17(10-14-28)8-12-26-22(25-2)27-18-11-15-29(16-18)19-6-4-5-7-20(19)30-21(23)24/h4-7,17-18,21H,3,8-16H2,1-2H3,(H2,25,26,27). The Morgan fingerprint density at radius 2 is 1.97 bits per heavy atom. The molecule has 6 nitrogen and oxygen atoms in total. The quantitative estimate of drug-likeness (QED) is 0.497. The van der Waals surface area contributed by atoms with Crippen LogP contribution >= 0.6 is 0 Å². The second kappa shape index (κ2) is 11.3. The van der Waals surface area contributed by atoms with Gasteiger partial charge < -0.3 is 25.2 Å². The number of hydrogen-bond donors (Lipinski definition) is 2. The number of alkyl halides is 2. The summed E-state index contributed by atoms with van der Waals surface area (Å²) in [5, 5.41) is 6.92. The fourth-order valence-corrected chi connectivity index (χ4v) is 4.38. The summed E-state index contributed by atoms with van der Waals surface area (Å²) in [6.45, 7) is 5.41. The monoisotopic (exact) mass is 423 g/mol. The third kappa shape index (κ3) is 6.45. The maximum Gasteiger partial charge on any atom is 0.387 e. The Balaban J connectivity index is 1.43. The number of piperidine rings is 1. The first-order valence-electron chi connectivity index (χ1n) is 11.1. The number of benzene rings is 1. The molecule has 0 bridgehead atoms. The highest BCUT2D eigenvalue weighted by Crippen LogP contribution is 2.31. The molecular weight excluding hydrogens is 388 g/mol. The number of anilines is 1. The normalized spacial score (nSPS) is 21.3. The van der Waals surface area contributed by atoms with Crippen LogP contribution in [-0.2, 0) is 0 Å². The average Bonchev–Trinajstić information content (AvgIpc) is 3.21. The lowest BCUT2D eigenvalue weighted by atomic mass is 9.93. The fraction of sp³-hybridized carbons (Fsp3) is 0.682. The van der Waals surface area contributed by atoms with Gasteiger partial charge in [0.15, 0.2) is 5.96 Å². The Morgan fingerprint density at radius 1 is 1.20 bits per heavy atom. The van der Waals surface area contributed by atoms with E-state index in [0.717, 1.165) is 50.9 Å². The minimum absolute atomic E-state index is 0.212. The van der Waals surface area contributed by atoms with Crippen molar-refractivity contribution >= 4 is 11.6 Å². The van der Waals surface area contributed by atoms with Crippen molar-refractivity contribution in [3.8, 4) is 5.75 Å². The Kier molecular flexibility index (Phi) is 8.54. The number of guanidine groups is 1. The Morgan fingerprint density at radius 3 is 2.67 bits per heavy atom. The molecule has 0 aromatic heterocycles. The molecule has 8 heteroatoms. The van der Waals surface area contributed by atoms with Gasteiger partial charge in [0, 0.05) is 32.7 Å². The van der Waals surface area contributed by atoms with Crippen LogP contribution < -0.4 is 20.3 Å². The van der Waals surface area contributed by atoms with Gasteiger partial charge in [-0.15, -0.1) is 0 Å². The van der Waals surface area contributed by atoms with E-state index in [-0.39, 0.29) is 11.8 Å². The van der Waals surface area contributed by atoms with Crippen LogP contribution in [-0.4, -0.2) is 69.8 Å². The van der Waals surface area contributed by atoms with E-state index in [1.54, 1.807) is 19.2 Å². The summed E-state index contributed by atoms with van der Waals surface area (Å²) < 4.78 is 30.1. The zero-order chi connectivity index (χ0) is 21.3. The third-order valence-corrected chi connectivity index (χ3v) is 6.17. The van der Waals surface area contributed by atoms with Gasteiger partial charge in [0.1, 0.15) is 5.75 Å². The largest absolute Gasteiger partial charge is 0.433 e. The minimum Gasteiger partial charge on any atom is -0.433 e. The third-order valence-electron chi connectivity index (χ3n) is 6.17. The average molecular weight is 424 g/mol. The van der Waals surface area contributed by atoms with E-state index in [0.29, 0.717) is 5.69 Å². The Hall–Kier alpha value is -2.09. The molecule has 1 aromatic rings. The molecule has 2 aliphatic rings. The van der Waals surface area contributed by atoms with Gasteiger partial charge in [-0.1, -0.05) is 19.1 Å². The molecule has 0 amide bonds. The molecule has 0 radical (unpaired) electrons. The lowest BCUT2D eigenvalue weighted by molar-refractivity contribution is -0.0495. The van der Waals surface area contributed by atoms with Crippen LogP contribution in [0.3, 0.4) is 0 Å². The number of aliphatic imine (C=N–C) groups is 1. The molecule has 2 aliphatic heterocycles. The predicted molar refractivity (Wildman–Crippen MR) is 118 cm³/mol. The maximum atomic E-state index is 12.7. The van der Waals surface area contributed by atoms with Gasteiger partial charge in [-0.3, -0.25) is 4.99 Å². The fourth-order valence-electron chi connectivity index (χ4n) is 4.38. The zero-order valence-electron chi connectivity index (χ0n) is 18.1. The molecule has 0 aliphatic carbocycles. The SMILES string of the molecule is CCN1CCC(CCNC(=NC)NC2CCN(c3ccccc3OC(F)F)C2)CC1. The zero-order valence-corrected chi connectivity index (χ0v) is 18.1. The molecule has 30 heavy (non-hydrogen) atoms. The van der Waals surface area contributed by atoms with Crippen LogP contribution in [0.5, 0.6) is 5.75 Å². The summed E-state index contributed by atoms with van der Waals surface area (Å²) >= 11 is 0. The lowest BCUT2D eigenvalue weighted by Gasteiger charge is -2.31. The number of halogens is 2. The van der Waals surface area contributed by atoms with Crippen molar-refractivity contribution in [1.82, 2.24) is 15.5 Å². The number of para-hydroxylation sites is 2. The highest BCUT2D eigenvalue weighted by atomic mass is 19.3. The summed E-state index contributed by atoms with van der Waals surface area (Å²) in [5.74, 6) is 1.82. The second-order valence-electron chi connectivity index (χ2n) is 8.09. The van der Waals surface area contributed by atoms with Crippen LogP contribution in [0.25, 0.3) is 0 Å². The van der Waals surface area contributed by atoms with Gasteiger partial charge in [-0.2, -0.15) is 8.78 Å². The van der Waals surface area contributed by atoms with Gasteiger partial charge in [0.05, 0.1) is 5.69 Å². The number of ether oxygens (including phenoxy) is 1. The first-order chi connectivity index (χ1) is 14.6. The van der Waals surface area contributed by atoms with Crippen LogP contribution in [0, 0.1) is 5.92 Å². The van der Waals surface area contributed by atoms with Crippen molar-refractivity contribution in [2.45, 2.75) is 45.3 Å².